The Balaban J connectivity index is 2.08. The van der Waals surface area contributed by atoms with Gasteiger partial charge in [0.1, 0.15) is 23.7 Å². The van der Waals surface area contributed by atoms with Crippen LogP contribution in [0, 0.1) is 0 Å². The molecule has 5 heteroatoms. The summed E-state index contributed by atoms with van der Waals surface area (Å²) >= 11 is 0. The molecule has 0 saturated carbocycles. The van der Waals surface area contributed by atoms with E-state index < -0.39 is 0 Å². The van der Waals surface area contributed by atoms with Crippen molar-refractivity contribution >= 4 is 17.4 Å². The summed E-state index contributed by atoms with van der Waals surface area (Å²) in [5.74, 6) is 2.08. The zero-order valence-corrected chi connectivity index (χ0v) is 9.44. The Morgan fingerprint density at radius 1 is 1.38 bits per heavy atom. The summed E-state index contributed by atoms with van der Waals surface area (Å²) in [7, 11) is 0. The van der Waals surface area contributed by atoms with Crippen molar-refractivity contribution in [1.82, 2.24) is 9.97 Å². The Morgan fingerprint density at radius 3 is 2.81 bits per heavy atom. The predicted molar refractivity (Wildman–Crippen MR) is 62.6 cm³/mol. The lowest BCUT2D eigenvalue weighted by Gasteiger charge is -2.27. The highest BCUT2D eigenvalue weighted by Gasteiger charge is 2.17. The molecular formula is C11H16N4O. The molecule has 1 aliphatic heterocycles. The molecule has 0 atom stereocenters. The van der Waals surface area contributed by atoms with Crippen molar-refractivity contribution < 1.29 is 4.79 Å². The van der Waals surface area contributed by atoms with E-state index in [9.17, 15) is 4.79 Å². The first-order valence-corrected chi connectivity index (χ1v) is 5.62. The number of Topliss-reactive ketones (excluding diaryl/α,β-unsaturated/α-hetero) is 1. The zero-order chi connectivity index (χ0) is 11.4. The summed E-state index contributed by atoms with van der Waals surface area (Å²) in [6.07, 6.45) is 2.81. The van der Waals surface area contributed by atoms with Crippen LogP contribution in [-0.2, 0) is 4.79 Å². The van der Waals surface area contributed by atoms with Gasteiger partial charge < -0.3 is 10.2 Å². The van der Waals surface area contributed by atoms with E-state index in [1.54, 1.807) is 6.33 Å². The van der Waals surface area contributed by atoms with E-state index in [-0.39, 0.29) is 0 Å². The van der Waals surface area contributed by atoms with Gasteiger partial charge in [-0.25, -0.2) is 9.97 Å². The third kappa shape index (κ3) is 2.48. The first-order chi connectivity index (χ1) is 7.79. The minimum absolute atomic E-state index is 0.345. The Kier molecular flexibility index (Phi) is 3.34. The summed E-state index contributed by atoms with van der Waals surface area (Å²) in [4.78, 5) is 21.6. The average Bonchev–Trinajstić information content (AvgIpc) is 2.31. The predicted octanol–water partition coefficient (Wildman–Crippen LogP) is 1.08. The fourth-order valence-electron chi connectivity index (χ4n) is 1.78. The van der Waals surface area contributed by atoms with Crippen molar-refractivity contribution in [2.75, 3.05) is 29.9 Å². The average molecular weight is 220 g/mol. The maximum atomic E-state index is 11.1. The molecule has 0 spiro atoms. The molecule has 1 aromatic heterocycles. The van der Waals surface area contributed by atoms with E-state index >= 15 is 0 Å². The van der Waals surface area contributed by atoms with Crippen LogP contribution in [0.2, 0.25) is 0 Å². The van der Waals surface area contributed by atoms with Gasteiger partial charge in [0.25, 0.3) is 0 Å². The molecule has 1 aliphatic rings. The van der Waals surface area contributed by atoms with Gasteiger partial charge in [-0.3, -0.25) is 4.79 Å². The number of anilines is 2. The van der Waals surface area contributed by atoms with Crippen molar-refractivity contribution in [3.05, 3.63) is 12.4 Å². The highest BCUT2D eigenvalue weighted by molar-refractivity contribution is 5.80. The van der Waals surface area contributed by atoms with Gasteiger partial charge in [0.15, 0.2) is 0 Å². The highest BCUT2D eigenvalue weighted by atomic mass is 16.1. The van der Waals surface area contributed by atoms with E-state index in [0.29, 0.717) is 18.6 Å². The topological polar surface area (TPSA) is 58.1 Å². The molecule has 1 fully saturated rings. The SMILES string of the molecule is CCNc1cc(N2CCC(=O)CC2)ncn1. The molecule has 1 N–H and O–H groups in total. The van der Waals surface area contributed by atoms with Crippen LogP contribution in [0.15, 0.2) is 12.4 Å². The Morgan fingerprint density at radius 2 is 2.12 bits per heavy atom. The van der Waals surface area contributed by atoms with Gasteiger partial charge in [0.2, 0.25) is 0 Å². The van der Waals surface area contributed by atoms with Crippen molar-refractivity contribution in [2.24, 2.45) is 0 Å². The number of nitrogens with zero attached hydrogens (tertiary/aromatic N) is 3. The van der Waals surface area contributed by atoms with E-state index in [1.807, 2.05) is 13.0 Å². The zero-order valence-electron chi connectivity index (χ0n) is 9.44. The van der Waals surface area contributed by atoms with Crippen molar-refractivity contribution in [3.8, 4) is 0 Å². The molecule has 1 saturated heterocycles. The summed E-state index contributed by atoms with van der Waals surface area (Å²) < 4.78 is 0. The number of carbonyl (C=O) groups is 1. The summed E-state index contributed by atoms with van der Waals surface area (Å²) in [6.45, 7) is 4.40. The minimum atomic E-state index is 0.345. The monoisotopic (exact) mass is 220 g/mol. The lowest BCUT2D eigenvalue weighted by molar-refractivity contribution is -0.119. The van der Waals surface area contributed by atoms with E-state index in [1.165, 1.54) is 0 Å². The van der Waals surface area contributed by atoms with Crippen LogP contribution in [0.3, 0.4) is 0 Å². The van der Waals surface area contributed by atoms with Crippen molar-refractivity contribution in [2.45, 2.75) is 19.8 Å². The third-order valence-corrected chi connectivity index (χ3v) is 2.66. The van der Waals surface area contributed by atoms with Crippen LogP contribution in [0.1, 0.15) is 19.8 Å². The summed E-state index contributed by atoms with van der Waals surface area (Å²) in [5, 5.41) is 3.15. The highest BCUT2D eigenvalue weighted by Crippen LogP contribution is 2.17. The number of aromatic nitrogens is 2. The maximum Gasteiger partial charge on any atom is 0.136 e. The van der Waals surface area contributed by atoms with Crippen LogP contribution in [0.25, 0.3) is 0 Å². The van der Waals surface area contributed by atoms with Gasteiger partial charge in [-0.15, -0.1) is 0 Å². The fraction of sp³-hybridized carbons (Fsp3) is 0.545. The number of hydrogen-bond acceptors (Lipinski definition) is 5. The second-order valence-corrected chi connectivity index (χ2v) is 3.82. The van der Waals surface area contributed by atoms with Crippen LogP contribution in [0.4, 0.5) is 11.6 Å². The second kappa shape index (κ2) is 4.92. The molecule has 0 aliphatic carbocycles. The van der Waals surface area contributed by atoms with Crippen molar-refractivity contribution in [3.63, 3.8) is 0 Å². The van der Waals surface area contributed by atoms with Gasteiger partial charge >= 0.3 is 0 Å². The van der Waals surface area contributed by atoms with E-state index in [2.05, 4.69) is 20.2 Å². The maximum absolute atomic E-state index is 11.1. The number of piperidine rings is 1. The fourth-order valence-corrected chi connectivity index (χ4v) is 1.78. The molecule has 0 amide bonds. The first-order valence-electron chi connectivity index (χ1n) is 5.62. The molecule has 2 heterocycles. The number of hydrogen-bond donors (Lipinski definition) is 1. The molecule has 1 aromatic rings. The number of rotatable bonds is 3. The Hall–Kier alpha value is -1.65. The van der Waals surface area contributed by atoms with Gasteiger partial charge in [-0.1, -0.05) is 0 Å². The Bertz CT molecular complexity index is 370. The lowest BCUT2D eigenvalue weighted by Crippen LogP contribution is -2.34. The molecule has 0 unspecified atom stereocenters. The van der Waals surface area contributed by atoms with Crippen molar-refractivity contribution in [1.29, 1.82) is 0 Å². The van der Waals surface area contributed by atoms with Crippen LogP contribution in [0.5, 0.6) is 0 Å². The van der Waals surface area contributed by atoms with Gasteiger partial charge in [-0.05, 0) is 6.92 Å². The first kappa shape index (κ1) is 10.9. The molecule has 0 bridgehead atoms. The number of ketones is 1. The second-order valence-electron chi connectivity index (χ2n) is 3.82. The van der Waals surface area contributed by atoms with Crippen LogP contribution < -0.4 is 10.2 Å². The smallest absolute Gasteiger partial charge is 0.136 e. The number of nitrogens with one attached hydrogen (secondary N) is 1. The largest absolute Gasteiger partial charge is 0.370 e. The molecule has 5 nitrogen and oxygen atoms in total. The standard InChI is InChI=1S/C11H16N4O/c1-2-12-10-7-11(14-8-13-10)15-5-3-9(16)4-6-15/h7-8H,2-6H2,1H3,(H,12,13,14). The third-order valence-electron chi connectivity index (χ3n) is 2.66. The molecule has 0 radical (unpaired) electrons. The Labute approximate surface area is 94.9 Å². The normalized spacial score (nSPS) is 16.3. The molecule has 86 valence electrons. The minimum Gasteiger partial charge on any atom is -0.370 e. The van der Waals surface area contributed by atoms with Crippen LogP contribution >= 0.6 is 0 Å². The molecular weight excluding hydrogens is 204 g/mol. The van der Waals surface area contributed by atoms with E-state index in [4.69, 9.17) is 0 Å². The molecule has 2 rings (SSSR count). The quantitative estimate of drug-likeness (QED) is 0.826. The van der Waals surface area contributed by atoms with E-state index in [0.717, 1.165) is 31.3 Å². The molecule has 16 heavy (non-hydrogen) atoms. The van der Waals surface area contributed by atoms with Gasteiger partial charge in [0, 0.05) is 38.5 Å². The van der Waals surface area contributed by atoms with Crippen LogP contribution in [-0.4, -0.2) is 35.4 Å². The summed E-state index contributed by atoms with van der Waals surface area (Å²) in [5.41, 5.74) is 0. The lowest BCUT2D eigenvalue weighted by atomic mass is 10.1. The number of carbonyl (C=O) groups excluding carboxylic acids is 1. The molecule has 0 aromatic carbocycles. The summed E-state index contributed by atoms with van der Waals surface area (Å²) in [6, 6.07) is 1.93. The van der Waals surface area contributed by atoms with Gasteiger partial charge in [0.05, 0.1) is 0 Å². The van der Waals surface area contributed by atoms with Gasteiger partial charge in [-0.2, -0.15) is 0 Å².